The van der Waals surface area contributed by atoms with Gasteiger partial charge in [-0.15, -0.1) is 0 Å². The molecule has 0 atom stereocenters. The van der Waals surface area contributed by atoms with E-state index in [9.17, 15) is 14.7 Å². The van der Waals surface area contributed by atoms with Crippen molar-refractivity contribution >= 4 is 38.1 Å². The summed E-state index contributed by atoms with van der Waals surface area (Å²) in [4.78, 5) is 28.4. The molecule has 2 aromatic carbocycles. The number of aromatic amines is 1. The van der Waals surface area contributed by atoms with Crippen molar-refractivity contribution in [1.82, 2.24) is 9.38 Å². The number of H-pyrrole nitrogens is 1. The molecule has 0 amide bonds. The fourth-order valence-electron chi connectivity index (χ4n) is 3.48. The zero-order chi connectivity index (χ0) is 15.7. The van der Waals surface area contributed by atoms with Crippen molar-refractivity contribution in [3.8, 4) is 5.75 Å². The minimum Gasteiger partial charge on any atom is -0.508 e. The zero-order valence-electron chi connectivity index (χ0n) is 11.8. The Balaban J connectivity index is 2.31. The molecule has 3 heterocycles. The second-order valence-electron chi connectivity index (χ2n) is 5.64. The van der Waals surface area contributed by atoms with Crippen molar-refractivity contribution in [2.24, 2.45) is 0 Å². The van der Waals surface area contributed by atoms with Gasteiger partial charge in [0.05, 0.1) is 27.3 Å². The average molecular weight is 302 g/mol. The lowest BCUT2D eigenvalue weighted by Crippen LogP contribution is -2.16. The molecule has 0 saturated heterocycles. The zero-order valence-corrected chi connectivity index (χ0v) is 11.8. The molecule has 0 aliphatic rings. The smallest absolute Gasteiger partial charge is 0.263 e. The fourth-order valence-corrected chi connectivity index (χ4v) is 3.48. The van der Waals surface area contributed by atoms with E-state index in [2.05, 4.69) is 4.98 Å². The van der Waals surface area contributed by atoms with E-state index in [1.807, 2.05) is 6.07 Å². The van der Waals surface area contributed by atoms with Crippen LogP contribution in [0.1, 0.15) is 0 Å². The Morgan fingerprint density at radius 3 is 2.70 bits per heavy atom. The molecule has 0 unspecified atom stereocenters. The Morgan fingerprint density at radius 1 is 0.957 bits per heavy atom. The molecular weight excluding hydrogens is 292 g/mol. The molecule has 0 saturated carbocycles. The normalized spacial score (nSPS) is 12.0. The fraction of sp³-hybridized carbons (Fsp3) is 0. The monoisotopic (exact) mass is 302 g/mol. The summed E-state index contributed by atoms with van der Waals surface area (Å²) in [5, 5.41) is 12.2. The van der Waals surface area contributed by atoms with Gasteiger partial charge in [-0.2, -0.15) is 0 Å². The molecule has 0 bridgehead atoms. The summed E-state index contributed by atoms with van der Waals surface area (Å²) in [7, 11) is 0. The van der Waals surface area contributed by atoms with Crippen LogP contribution in [0.15, 0.2) is 58.3 Å². The summed E-state index contributed by atoms with van der Waals surface area (Å²) >= 11 is 0. The highest BCUT2D eigenvalue weighted by atomic mass is 16.3. The molecule has 5 nitrogen and oxygen atoms in total. The van der Waals surface area contributed by atoms with Gasteiger partial charge in [-0.25, -0.2) is 0 Å². The van der Waals surface area contributed by atoms with Crippen LogP contribution in [0.5, 0.6) is 5.75 Å². The van der Waals surface area contributed by atoms with Gasteiger partial charge in [0.1, 0.15) is 5.75 Å². The Bertz CT molecular complexity index is 1360. The molecule has 2 N–H and O–H groups in total. The lowest BCUT2D eigenvalue weighted by Gasteiger charge is -2.05. The highest BCUT2D eigenvalue weighted by Gasteiger charge is 2.18. The molecule has 0 spiro atoms. The van der Waals surface area contributed by atoms with Crippen molar-refractivity contribution in [2.75, 3.05) is 0 Å². The van der Waals surface area contributed by atoms with Gasteiger partial charge in [-0.3, -0.25) is 14.0 Å². The number of hydrogen-bond acceptors (Lipinski definition) is 3. The predicted molar refractivity (Wildman–Crippen MR) is 89.7 cm³/mol. The van der Waals surface area contributed by atoms with E-state index < -0.39 is 0 Å². The number of benzene rings is 2. The van der Waals surface area contributed by atoms with Crippen LogP contribution in [0.4, 0.5) is 0 Å². The summed E-state index contributed by atoms with van der Waals surface area (Å²) in [6.45, 7) is 0. The first kappa shape index (κ1) is 12.2. The molecule has 5 heteroatoms. The number of aromatic nitrogens is 2. The SMILES string of the molecule is O=c1cccc2c(=O)n3c4ccc(O)cc4c4cc[nH]c(c12)c43. The Kier molecular flexibility index (Phi) is 2.07. The predicted octanol–water partition coefficient (Wildman–Crippen LogP) is 2.59. The molecule has 0 aliphatic carbocycles. The van der Waals surface area contributed by atoms with E-state index in [1.165, 1.54) is 6.07 Å². The summed E-state index contributed by atoms with van der Waals surface area (Å²) < 4.78 is 1.61. The number of hydrogen-bond donors (Lipinski definition) is 2. The van der Waals surface area contributed by atoms with Gasteiger partial charge >= 0.3 is 0 Å². The van der Waals surface area contributed by atoms with Gasteiger partial charge < -0.3 is 10.1 Å². The van der Waals surface area contributed by atoms with Crippen LogP contribution < -0.4 is 11.0 Å². The van der Waals surface area contributed by atoms with Gasteiger partial charge in [-0.1, -0.05) is 6.07 Å². The molecule has 0 radical (unpaired) electrons. The van der Waals surface area contributed by atoms with Crippen LogP contribution in [0.2, 0.25) is 0 Å². The number of phenols is 1. The summed E-state index contributed by atoms with van der Waals surface area (Å²) in [6, 6.07) is 11.5. The maximum Gasteiger partial charge on any atom is 0.263 e. The van der Waals surface area contributed by atoms with Crippen LogP contribution in [-0.4, -0.2) is 14.5 Å². The van der Waals surface area contributed by atoms with Gasteiger partial charge in [0.2, 0.25) is 0 Å². The topological polar surface area (TPSA) is 74.6 Å². The number of pyridine rings is 2. The lowest BCUT2D eigenvalue weighted by atomic mass is 10.1. The molecular formula is C18H10N2O3. The maximum atomic E-state index is 13.0. The van der Waals surface area contributed by atoms with Crippen LogP contribution in [0, 0.1) is 0 Å². The van der Waals surface area contributed by atoms with E-state index in [0.717, 1.165) is 10.8 Å². The standard InChI is InChI=1S/C18H10N2O3/c21-9-4-5-13-12(8-9)10-6-7-19-16-15-11(2-1-3-14(15)22)18(23)20(13)17(10)16/h1-8,19,21H. The Morgan fingerprint density at radius 2 is 1.83 bits per heavy atom. The first-order chi connectivity index (χ1) is 11.2. The molecule has 23 heavy (non-hydrogen) atoms. The van der Waals surface area contributed by atoms with Crippen LogP contribution in [-0.2, 0) is 0 Å². The summed E-state index contributed by atoms with van der Waals surface area (Å²) in [6.07, 6.45) is 1.75. The molecule has 3 aromatic heterocycles. The quantitative estimate of drug-likeness (QED) is 0.432. The first-order valence-electron chi connectivity index (χ1n) is 7.20. The highest BCUT2D eigenvalue weighted by molar-refractivity contribution is 6.18. The first-order valence-corrected chi connectivity index (χ1v) is 7.20. The molecule has 110 valence electrons. The number of aromatic hydroxyl groups is 1. The van der Waals surface area contributed by atoms with Gasteiger partial charge in [0.15, 0.2) is 5.43 Å². The van der Waals surface area contributed by atoms with E-state index in [-0.39, 0.29) is 16.7 Å². The van der Waals surface area contributed by atoms with Crippen LogP contribution in [0.3, 0.4) is 0 Å². The maximum absolute atomic E-state index is 13.0. The largest absolute Gasteiger partial charge is 0.508 e. The summed E-state index contributed by atoms with van der Waals surface area (Å²) in [5.41, 5.74) is 1.62. The van der Waals surface area contributed by atoms with E-state index >= 15 is 0 Å². The summed E-state index contributed by atoms with van der Waals surface area (Å²) in [5.74, 6) is 0.139. The number of nitrogens with one attached hydrogen (secondary N) is 1. The number of rotatable bonds is 0. The van der Waals surface area contributed by atoms with Gasteiger partial charge in [-0.05, 0) is 36.4 Å². The van der Waals surface area contributed by atoms with E-state index in [4.69, 9.17) is 0 Å². The van der Waals surface area contributed by atoms with Crippen LogP contribution in [0.25, 0.3) is 38.1 Å². The number of fused-ring (bicyclic) bond motifs is 5. The van der Waals surface area contributed by atoms with Crippen molar-refractivity contribution < 1.29 is 5.11 Å². The molecule has 0 aliphatic heterocycles. The van der Waals surface area contributed by atoms with Crippen molar-refractivity contribution in [2.45, 2.75) is 0 Å². The van der Waals surface area contributed by atoms with Crippen LogP contribution >= 0.6 is 0 Å². The number of phenolic OH excluding ortho intramolecular Hbond substituents is 1. The minimum atomic E-state index is -0.226. The third-order valence-corrected chi connectivity index (χ3v) is 4.41. The van der Waals surface area contributed by atoms with Crippen molar-refractivity contribution in [1.29, 1.82) is 0 Å². The van der Waals surface area contributed by atoms with E-state index in [1.54, 1.807) is 40.9 Å². The minimum absolute atomic E-state index is 0.139. The molecule has 0 fully saturated rings. The van der Waals surface area contributed by atoms with Gasteiger partial charge in [0.25, 0.3) is 5.56 Å². The van der Waals surface area contributed by atoms with Gasteiger partial charge in [0, 0.05) is 17.0 Å². The Labute approximate surface area is 128 Å². The lowest BCUT2D eigenvalue weighted by molar-refractivity contribution is 0.476. The Hall–Kier alpha value is -3.34. The highest BCUT2D eigenvalue weighted by Crippen LogP contribution is 2.33. The average Bonchev–Trinajstić information content (AvgIpc) is 2.87. The third kappa shape index (κ3) is 1.36. The molecule has 5 aromatic rings. The second-order valence-corrected chi connectivity index (χ2v) is 5.64. The van der Waals surface area contributed by atoms with E-state index in [0.29, 0.717) is 27.3 Å². The number of nitrogens with zero attached hydrogens (tertiary/aromatic N) is 1. The van der Waals surface area contributed by atoms with Crippen molar-refractivity contribution in [3.63, 3.8) is 0 Å². The second kappa shape index (κ2) is 3.89. The molecule has 5 rings (SSSR count). The van der Waals surface area contributed by atoms with Crippen molar-refractivity contribution in [3.05, 3.63) is 69.2 Å². The third-order valence-electron chi connectivity index (χ3n) is 4.41.